The lowest BCUT2D eigenvalue weighted by atomic mass is 10.1. The molecule has 0 spiro atoms. The summed E-state index contributed by atoms with van der Waals surface area (Å²) >= 11 is 0. The SMILES string of the molecule is C=C(C)c1cnc2c(cnn2C)c1. The molecule has 0 radical (unpaired) electrons. The van der Waals surface area contributed by atoms with Gasteiger partial charge in [-0.3, -0.25) is 4.68 Å². The number of allylic oxidation sites excluding steroid dienone is 1. The first-order chi connectivity index (χ1) is 6.18. The zero-order chi connectivity index (χ0) is 9.42. The highest BCUT2D eigenvalue weighted by Gasteiger charge is 2.01. The van der Waals surface area contributed by atoms with Crippen LogP contribution in [0.25, 0.3) is 16.6 Å². The fraction of sp³-hybridized carbons (Fsp3) is 0.200. The molecule has 0 aliphatic rings. The van der Waals surface area contributed by atoms with E-state index in [-0.39, 0.29) is 0 Å². The average Bonchev–Trinajstić information content (AvgIpc) is 2.47. The van der Waals surface area contributed by atoms with Crippen molar-refractivity contribution >= 4 is 16.6 Å². The van der Waals surface area contributed by atoms with Gasteiger partial charge >= 0.3 is 0 Å². The smallest absolute Gasteiger partial charge is 0.157 e. The fourth-order valence-corrected chi connectivity index (χ4v) is 1.28. The Morgan fingerprint density at radius 2 is 2.23 bits per heavy atom. The Labute approximate surface area is 76.7 Å². The summed E-state index contributed by atoms with van der Waals surface area (Å²) in [4.78, 5) is 4.30. The maximum absolute atomic E-state index is 4.30. The Balaban J connectivity index is 2.70. The second kappa shape index (κ2) is 2.69. The van der Waals surface area contributed by atoms with Crippen LogP contribution in [-0.4, -0.2) is 14.8 Å². The molecule has 0 aromatic carbocycles. The molecule has 0 atom stereocenters. The van der Waals surface area contributed by atoms with Crippen molar-refractivity contribution in [2.45, 2.75) is 6.92 Å². The molecule has 0 aliphatic carbocycles. The van der Waals surface area contributed by atoms with Crippen molar-refractivity contribution in [3.05, 3.63) is 30.6 Å². The molecule has 0 aliphatic heterocycles. The van der Waals surface area contributed by atoms with Crippen LogP contribution in [0, 0.1) is 0 Å². The molecular formula is C10H11N3. The average molecular weight is 173 g/mol. The zero-order valence-corrected chi connectivity index (χ0v) is 7.78. The molecule has 66 valence electrons. The monoisotopic (exact) mass is 173 g/mol. The van der Waals surface area contributed by atoms with Gasteiger partial charge in [0.15, 0.2) is 5.65 Å². The molecule has 0 amide bonds. The third kappa shape index (κ3) is 1.22. The molecule has 2 aromatic heterocycles. The molecule has 0 unspecified atom stereocenters. The second-order valence-corrected chi connectivity index (χ2v) is 3.19. The highest BCUT2D eigenvalue weighted by Crippen LogP contribution is 2.16. The van der Waals surface area contributed by atoms with Gasteiger partial charge < -0.3 is 0 Å². The maximum Gasteiger partial charge on any atom is 0.157 e. The van der Waals surface area contributed by atoms with Crippen molar-refractivity contribution in [1.29, 1.82) is 0 Å². The van der Waals surface area contributed by atoms with Crippen molar-refractivity contribution in [2.24, 2.45) is 7.05 Å². The Kier molecular flexibility index (Phi) is 1.65. The number of hydrogen-bond donors (Lipinski definition) is 0. The van der Waals surface area contributed by atoms with E-state index in [0.717, 1.165) is 22.2 Å². The van der Waals surface area contributed by atoms with E-state index in [1.807, 2.05) is 26.4 Å². The lowest BCUT2D eigenvalue weighted by Gasteiger charge is -1.98. The van der Waals surface area contributed by atoms with E-state index < -0.39 is 0 Å². The predicted octanol–water partition coefficient (Wildman–Crippen LogP) is 2.00. The van der Waals surface area contributed by atoms with Crippen molar-refractivity contribution in [2.75, 3.05) is 0 Å². The number of pyridine rings is 1. The van der Waals surface area contributed by atoms with E-state index in [1.165, 1.54) is 0 Å². The molecular weight excluding hydrogens is 162 g/mol. The van der Waals surface area contributed by atoms with Crippen LogP contribution < -0.4 is 0 Å². The normalized spacial score (nSPS) is 10.6. The van der Waals surface area contributed by atoms with Gasteiger partial charge in [0, 0.05) is 18.6 Å². The quantitative estimate of drug-likeness (QED) is 0.660. The molecule has 0 fully saturated rings. The van der Waals surface area contributed by atoms with Gasteiger partial charge in [-0.05, 0) is 24.1 Å². The van der Waals surface area contributed by atoms with Crippen LogP contribution in [0.5, 0.6) is 0 Å². The number of fused-ring (bicyclic) bond motifs is 1. The first kappa shape index (κ1) is 7.98. The Morgan fingerprint density at radius 3 is 2.92 bits per heavy atom. The third-order valence-corrected chi connectivity index (χ3v) is 2.06. The fourth-order valence-electron chi connectivity index (χ4n) is 1.28. The third-order valence-electron chi connectivity index (χ3n) is 2.06. The van der Waals surface area contributed by atoms with Gasteiger partial charge in [0.05, 0.1) is 6.20 Å². The molecule has 0 N–H and O–H groups in total. The van der Waals surface area contributed by atoms with E-state index in [2.05, 4.69) is 22.7 Å². The van der Waals surface area contributed by atoms with Gasteiger partial charge in [0.25, 0.3) is 0 Å². The molecule has 2 aromatic rings. The van der Waals surface area contributed by atoms with Crippen LogP contribution in [-0.2, 0) is 7.05 Å². The van der Waals surface area contributed by atoms with E-state index >= 15 is 0 Å². The maximum atomic E-state index is 4.30. The zero-order valence-electron chi connectivity index (χ0n) is 7.78. The number of aryl methyl sites for hydroxylation is 1. The summed E-state index contributed by atoms with van der Waals surface area (Å²) < 4.78 is 1.76. The van der Waals surface area contributed by atoms with Crippen molar-refractivity contribution in [3.63, 3.8) is 0 Å². The minimum atomic E-state index is 0.907. The van der Waals surface area contributed by atoms with Gasteiger partial charge in [-0.15, -0.1) is 0 Å². The van der Waals surface area contributed by atoms with E-state index in [4.69, 9.17) is 0 Å². The minimum Gasteiger partial charge on any atom is -0.250 e. The first-order valence-electron chi connectivity index (χ1n) is 4.12. The lowest BCUT2D eigenvalue weighted by molar-refractivity contribution is 0.786. The van der Waals surface area contributed by atoms with Crippen LogP contribution in [0.15, 0.2) is 25.0 Å². The second-order valence-electron chi connectivity index (χ2n) is 3.19. The molecule has 2 rings (SSSR count). The van der Waals surface area contributed by atoms with E-state index in [0.29, 0.717) is 0 Å². The van der Waals surface area contributed by atoms with Gasteiger partial charge in [0.1, 0.15) is 0 Å². The van der Waals surface area contributed by atoms with Crippen LogP contribution in [0.4, 0.5) is 0 Å². The summed E-state index contributed by atoms with van der Waals surface area (Å²) in [5.41, 5.74) is 3.00. The standard InChI is InChI=1S/C10H11N3/c1-7(2)8-4-9-6-12-13(3)10(9)11-5-8/h4-6H,1H2,2-3H3. The summed E-state index contributed by atoms with van der Waals surface area (Å²) in [6.45, 7) is 5.84. The summed E-state index contributed by atoms with van der Waals surface area (Å²) in [6.07, 6.45) is 3.64. The highest BCUT2D eigenvalue weighted by molar-refractivity contribution is 5.78. The summed E-state index contributed by atoms with van der Waals surface area (Å²) in [5, 5.41) is 5.18. The predicted molar refractivity (Wildman–Crippen MR) is 53.2 cm³/mol. The van der Waals surface area contributed by atoms with E-state index in [9.17, 15) is 0 Å². The number of rotatable bonds is 1. The molecule has 13 heavy (non-hydrogen) atoms. The summed E-state index contributed by atoms with van der Waals surface area (Å²) in [5.74, 6) is 0. The molecule has 3 nitrogen and oxygen atoms in total. The largest absolute Gasteiger partial charge is 0.250 e. The topological polar surface area (TPSA) is 30.7 Å². The van der Waals surface area contributed by atoms with Gasteiger partial charge in [-0.2, -0.15) is 5.10 Å². The Hall–Kier alpha value is -1.64. The molecule has 3 heteroatoms. The first-order valence-corrected chi connectivity index (χ1v) is 4.12. The van der Waals surface area contributed by atoms with Crippen molar-refractivity contribution in [3.8, 4) is 0 Å². The summed E-state index contributed by atoms with van der Waals surface area (Å²) in [6, 6.07) is 2.05. The number of nitrogens with zero attached hydrogens (tertiary/aromatic N) is 3. The molecule has 2 heterocycles. The van der Waals surface area contributed by atoms with Crippen LogP contribution in [0.2, 0.25) is 0 Å². The molecule has 0 bridgehead atoms. The Bertz CT molecular complexity index is 468. The lowest BCUT2D eigenvalue weighted by Crippen LogP contribution is -1.91. The van der Waals surface area contributed by atoms with Crippen LogP contribution >= 0.6 is 0 Å². The number of aromatic nitrogens is 3. The van der Waals surface area contributed by atoms with Crippen LogP contribution in [0.3, 0.4) is 0 Å². The van der Waals surface area contributed by atoms with E-state index in [1.54, 1.807) is 4.68 Å². The van der Waals surface area contributed by atoms with Crippen molar-refractivity contribution in [1.82, 2.24) is 14.8 Å². The van der Waals surface area contributed by atoms with Gasteiger partial charge in [0.2, 0.25) is 0 Å². The van der Waals surface area contributed by atoms with Gasteiger partial charge in [-0.1, -0.05) is 6.58 Å². The van der Waals surface area contributed by atoms with Crippen molar-refractivity contribution < 1.29 is 0 Å². The molecule has 0 saturated heterocycles. The summed E-state index contributed by atoms with van der Waals surface area (Å²) in [7, 11) is 1.88. The Morgan fingerprint density at radius 1 is 1.46 bits per heavy atom. The van der Waals surface area contributed by atoms with Crippen LogP contribution in [0.1, 0.15) is 12.5 Å². The minimum absolute atomic E-state index is 0.907. The number of hydrogen-bond acceptors (Lipinski definition) is 2. The highest BCUT2D eigenvalue weighted by atomic mass is 15.3. The van der Waals surface area contributed by atoms with Gasteiger partial charge in [-0.25, -0.2) is 4.98 Å². The molecule has 0 saturated carbocycles.